The molecule has 0 aliphatic carbocycles. The number of carbonyl (C=O) groups excluding carboxylic acids is 2. The normalized spacial score (nSPS) is 15.6. The first-order chi connectivity index (χ1) is 8.50. The number of hydrogen-bond donors (Lipinski definition) is 0. The van der Waals surface area contributed by atoms with E-state index >= 15 is 0 Å². The van der Waals surface area contributed by atoms with Crippen LogP contribution in [-0.4, -0.2) is 22.5 Å². The summed E-state index contributed by atoms with van der Waals surface area (Å²) < 4.78 is 0. The van der Waals surface area contributed by atoms with Crippen LogP contribution in [0.2, 0.25) is 0 Å². The second-order valence-corrected chi connectivity index (χ2v) is 4.90. The van der Waals surface area contributed by atoms with Gasteiger partial charge < -0.3 is 0 Å². The van der Waals surface area contributed by atoms with Crippen LogP contribution in [0, 0.1) is 5.92 Å². The zero-order valence-corrected chi connectivity index (χ0v) is 10.8. The Balaban J connectivity index is 2.29. The molecule has 0 N–H and O–H groups in total. The van der Waals surface area contributed by atoms with E-state index in [1.54, 1.807) is 24.3 Å². The minimum Gasteiger partial charge on any atom is -0.267 e. The summed E-state index contributed by atoms with van der Waals surface area (Å²) in [6.45, 7) is 5.98. The molecule has 0 bridgehead atoms. The molecule has 2 rings (SSSR count). The van der Waals surface area contributed by atoms with Gasteiger partial charge in [-0.2, -0.15) is 10.1 Å². The van der Waals surface area contributed by atoms with E-state index < -0.39 is 0 Å². The van der Waals surface area contributed by atoms with Gasteiger partial charge >= 0.3 is 0 Å². The fourth-order valence-corrected chi connectivity index (χ4v) is 2.07. The van der Waals surface area contributed by atoms with Gasteiger partial charge in [0.15, 0.2) is 0 Å². The van der Waals surface area contributed by atoms with Crippen molar-refractivity contribution >= 4 is 17.5 Å². The summed E-state index contributed by atoms with van der Waals surface area (Å²) >= 11 is 0. The molecule has 0 saturated carbocycles. The van der Waals surface area contributed by atoms with Gasteiger partial charge in [0.05, 0.1) is 11.1 Å². The van der Waals surface area contributed by atoms with Crippen LogP contribution in [0.15, 0.2) is 29.4 Å². The third kappa shape index (κ3) is 2.18. The number of nitrogens with zero attached hydrogens (tertiary/aromatic N) is 2. The third-order valence-electron chi connectivity index (χ3n) is 2.75. The molecule has 94 valence electrons. The summed E-state index contributed by atoms with van der Waals surface area (Å²) in [6.07, 6.45) is 0.771. The molecule has 1 aliphatic heterocycles. The first kappa shape index (κ1) is 12.5. The molecule has 0 atom stereocenters. The van der Waals surface area contributed by atoms with E-state index in [0.29, 0.717) is 17.0 Å². The predicted molar refractivity (Wildman–Crippen MR) is 69.5 cm³/mol. The number of carbonyl (C=O) groups is 2. The minimum atomic E-state index is -0.335. The van der Waals surface area contributed by atoms with Crippen LogP contribution in [0.4, 0.5) is 0 Å². The molecule has 1 aromatic carbocycles. The Labute approximate surface area is 106 Å². The van der Waals surface area contributed by atoms with Crippen LogP contribution in [0.25, 0.3) is 0 Å². The summed E-state index contributed by atoms with van der Waals surface area (Å²) in [5.41, 5.74) is 1.66. The molecule has 0 spiro atoms. The molecule has 18 heavy (non-hydrogen) atoms. The third-order valence-corrected chi connectivity index (χ3v) is 2.75. The van der Waals surface area contributed by atoms with Gasteiger partial charge in [0.2, 0.25) is 0 Å². The van der Waals surface area contributed by atoms with Crippen LogP contribution in [0.5, 0.6) is 0 Å². The molecule has 1 aromatic rings. The predicted octanol–water partition coefficient (Wildman–Crippen LogP) is 2.70. The number of benzene rings is 1. The number of imide groups is 1. The summed E-state index contributed by atoms with van der Waals surface area (Å²) in [7, 11) is 0. The molecule has 0 radical (unpaired) electrons. The van der Waals surface area contributed by atoms with E-state index in [4.69, 9.17) is 0 Å². The van der Waals surface area contributed by atoms with Crippen LogP contribution >= 0.6 is 0 Å². The first-order valence-corrected chi connectivity index (χ1v) is 6.02. The zero-order valence-electron chi connectivity index (χ0n) is 10.8. The summed E-state index contributed by atoms with van der Waals surface area (Å²) in [5.74, 6) is -0.221. The highest BCUT2D eigenvalue weighted by Crippen LogP contribution is 2.22. The lowest BCUT2D eigenvalue weighted by Crippen LogP contribution is -2.25. The molecule has 2 amide bonds. The van der Waals surface area contributed by atoms with Gasteiger partial charge in [-0.15, -0.1) is 0 Å². The second kappa shape index (κ2) is 4.72. The van der Waals surface area contributed by atoms with E-state index in [2.05, 4.69) is 18.9 Å². The smallest absolute Gasteiger partial charge is 0.267 e. The number of hydrogen-bond acceptors (Lipinski definition) is 3. The Morgan fingerprint density at radius 1 is 1.17 bits per heavy atom. The average Bonchev–Trinajstić information content (AvgIpc) is 2.54. The number of fused-ring (bicyclic) bond motifs is 1. The van der Waals surface area contributed by atoms with Crippen molar-refractivity contribution in [3.63, 3.8) is 0 Å². The van der Waals surface area contributed by atoms with Gasteiger partial charge in [-0.3, -0.25) is 9.59 Å². The monoisotopic (exact) mass is 244 g/mol. The molecule has 1 heterocycles. The quantitative estimate of drug-likeness (QED) is 0.606. The van der Waals surface area contributed by atoms with Gasteiger partial charge in [0.25, 0.3) is 11.8 Å². The summed E-state index contributed by atoms with van der Waals surface area (Å²) in [4.78, 5) is 24.1. The fraction of sp³-hybridized carbons (Fsp3) is 0.357. The van der Waals surface area contributed by atoms with Gasteiger partial charge in [-0.05, 0) is 31.4 Å². The van der Waals surface area contributed by atoms with Crippen molar-refractivity contribution in [1.82, 2.24) is 5.01 Å². The van der Waals surface area contributed by atoms with Crippen molar-refractivity contribution < 1.29 is 9.59 Å². The molecule has 0 saturated heterocycles. The summed E-state index contributed by atoms with van der Waals surface area (Å²) in [6, 6.07) is 6.81. The highest BCUT2D eigenvalue weighted by atomic mass is 16.2. The first-order valence-electron chi connectivity index (χ1n) is 6.02. The minimum absolute atomic E-state index is 0.335. The van der Waals surface area contributed by atoms with Crippen molar-refractivity contribution in [2.75, 3.05) is 0 Å². The SMILES string of the molecule is C/C(CC(C)C)=N/N1C(=O)c2ccccc2C1=O. The molecule has 0 aromatic heterocycles. The fourth-order valence-electron chi connectivity index (χ4n) is 2.07. The molecule has 0 unspecified atom stereocenters. The average molecular weight is 244 g/mol. The number of amides is 2. The lowest BCUT2D eigenvalue weighted by atomic mass is 10.1. The van der Waals surface area contributed by atoms with Crippen molar-refractivity contribution in [3.8, 4) is 0 Å². The van der Waals surface area contributed by atoms with E-state index in [9.17, 15) is 9.59 Å². The van der Waals surface area contributed by atoms with Crippen molar-refractivity contribution in [3.05, 3.63) is 35.4 Å². The van der Waals surface area contributed by atoms with E-state index in [0.717, 1.165) is 17.1 Å². The largest absolute Gasteiger partial charge is 0.282 e. The Morgan fingerprint density at radius 3 is 2.11 bits per heavy atom. The van der Waals surface area contributed by atoms with Crippen molar-refractivity contribution in [1.29, 1.82) is 0 Å². The van der Waals surface area contributed by atoms with Crippen LogP contribution < -0.4 is 0 Å². The Hall–Kier alpha value is -1.97. The van der Waals surface area contributed by atoms with Crippen molar-refractivity contribution in [2.24, 2.45) is 11.0 Å². The Morgan fingerprint density at radius 2 is 1.67 bits per heavy atom. The highest BCUT2D eigenvalue weighted by molar-refractivity contribution is 6.21. The van der Waals surface area contributed by atoms with Gasteiger partial charge in [0.1, 0.15) is 0 Å². The molecule has 1 aliphatic rings. The molecule has 4 heteroatoms. The van der Waals surface area contributed by atoms with E-state index in [1.807, 2.05) is 6.92 Å². The van der Waals surface area contributed by atoms with Gasteiger partial charge in [0, 0.05) is 5.71 Å². The highest BCUT2D eigenvalue weighted by Gasteiger charge is 2.35. The molecule has 0 fully saturated rings. The maximum absolute atomic E-state index is 12.0. The molecular formula is C14H16N2O2. The zero-order chi connectivity index (χ0) is 13.3. The van der Waals surface area contributed by atoms with Crippen molar-refractivity contribution in [2.45, 2.75) is 27.2 Å². The van der Waals surface area contributed by atoms with Crippen LogP contribution in [0.3, 0.4) is 0 Å². The maximum atomic E-state index is 12.0. The molecule has 4 nitrogen and oxygen atoms in total. The number of rotatable bonds is 3. The maximum Gasteiger partial charge on any atom is 0.282 e. The van der Waals surface area contributed by atoms with E-state index in [-0.39, 0.29) is 11.8 Å². The van der Waals surface area contributed by atoms with Gasteiger partial charge in [-0.1, -0.05) is 26.0 Å². The topological polar surface area (TPSA) is 49.7 Å². The Bertz CT molecular complexity index is 497. The number of hydrazone groups is 1. The van der Waals surface area contributed by atoms with Gasteiger partial charge in [-0.25, -0.2) is 0 Å². The Kier molecular flexibility index (Phi) is 3.28. The summed E-state index contributed by atoms with van der Waals surface area (Å²) in [5, 5.41) is 5.12. The lowest BCUT2D eigenvalue weighted by molar-refractivity contribution is 0.0658. The molecular weight excluding hydrogens is 228 g/mol. The van der Waals surface area contributed by atoms with Crippen LogP contribution in [-0.2, 0) is 0 Å². The van der Waals surface area contributed by atoms with Crippen LogP contribution in [0.1, 0.15) is 47.9 Å². The van der Waals surface area contributed by atoms with E-state index in [1.165, 1.54) is 0 Å². The second-order valence-electron chi connectivity index (χ2n) is 4.90. The standard InChI is InChI=1S/C14H16N2O2/c1-9(2)8-10(3)15-16-13(17)11-6-4-5-7-12(11)14(16)18/h4-7,9H,8H2,1-3H3/b15-10-. The lowest BCUT2D eigenvalue weighted by Gasteiger charge is -2.10.